The van der Waals surface area contributed by atoms with Gasteiger partial charge in [-0.2, -0.15) is 0 Å². The van der Waals surface area contributed by atoms with Crippen LogP contribution < -0.4 is 0 Å². The Morgan fingerprint density at radius 2 is 0.867 bits per heavy atom. The number of halogens is 6. The topological polar surface area (TPSA) is 0 Å². The van der Waals surface area contributed by atoms with Gasteiger partial charge in [0.25, 0.3) is 6.69 Å². The van der Waals surface area contributed by atoms with Crippen LogP contribution in [0.2, 0.25) is 37.3 Å². The van der Waals surface area contributed by atoms with Gasteiger partial charge in [-0.15, -0.1) is 66.5 Å². The van der Waals surface area contributed by atoms with Crippen molar-refractivity contribution < 1.29 is 0 Å². The van der Waals surface area contributed by atoms with Crippen LogP contribution in [0.5, 0.6) is 0 Å². The molecule has 0 aromatic carbocycles. The van der Waals surface area contributed by atoms with E-state index in [1.165, 1.54) is 0 Å². The zero-order valence-corrected chi connectivity index (χ0v) is 16.1. The molecule has 9 heteroatoms. The number of hydrogen-bond acceptors (Lipinski definition) is 0. The van der Waals surface area contributed by atoms with Crippen LogP contribution in [0.4, 0.5) is 0 Å². The third-order valence-electron chi connectivity index (χ3n) is 1.86. The summed E-state index contributed by atoms with van der Waals surface area (Å²) in [5, 5.41) is 0. The van der Waals surface area contributed by atoms with Crippen LogP contribution in [0.15, 0.2) is 0 Å². The molecule has 0 aliphatic rings. The Kier molecular flexibility index (Phi) is 7.57. The normalized spacial score (nSPS) is 14.4. The average Bonchev–Trinajstić information content (AvgIpc) is 1.96. The maximum absolute atomic E-state index is 6.26. The highest BCUT2D eigenvalue weighted by Crippen LogP contribution is 2.36. The van der Waals surface area contributed by atoms with Gasteiger partial charge in [-0.05, 0) is 37.3 Å². The molecular weight excluding hydrogens is 369 g/mol. The Bertz CT molecular complexity index is 176. The van der Waals surface area contributed by atoms with Crippen molar-refractivity contribution in [1.82, 2.24) is 0 Å². The molecule has 0 rings (SSSR count). The molecule has 0 N–H and O–H groups in total. The monoisotopic (exact) mass is 380 g/mol. The summed E-state index contributed by atoms with van der Waals surface area (Å²) < 4.78 is 0. The minimum absolute atomic E-state index is 0.726. The molecule has 0 aliphatic carbocycles. The van der Waals surface area contributed by atoms with Gasteiger partial charge in [-0.3, -0.25) is 0 Å². The maximum atomic E-state index is 6.26. The molecule has 0 nitrogen and oxygen atoms in total. The van der Waals surface area contributed by atoms with Gasteiger partial charge < -0.3 is 0 Å². The second-order valence-electron chi connectivity index (χ2n) is 4.00. The molecule has 0 spiro atoms. The van der Waals surface area contributed by atoms with Gasteiger partial charge in [0.15, 0.2) is 0 Å². The lowest BCUT2D eigenvalue weighted by Crippen LogP contribution is -2.26. The number of rotatable bonds is 6. The fraction of sp³-hybridized carbons (Fsp3) is 1.00. The highest BCUT2D eigenvalue weighted by atomic mass is 35.7. The van der Waals surface area contributed by atoms with Gasteiger partial charge in [0.1, 0.15) is 0 Å². The summed E-state index contributed by atoms with van der Waals surface area (Å²) in [7, 11) is 0. The van der Waals surface area contributed by atoms with E-state index in [-0.39, 0.29) is 0 Å². The van der Waals surface area contributed by atoms with E-state index in [2.05, 4.69) is 0 Å². The van der Waals surface area contributed by atoms with E-state index in [1.54, 1.807) is 0 Å². The summed E-state index contributed by atoms with van der Waals surface area (Å²) in [5.74, 6) is 0. The van der Waals surface area contributed by atoms with E-state index >= 15 is 0 Å². The Labute approximate surface area is 123 Å². The van der Waals surface area contributed by atoms with E-state index in [0.717, 1.165) is 24.2 Å². The minimum atomic E-state index is -2.25. The van der Waals surface area contributed by atoms with Crippen LogP contribution in [0, 0.1) is 0 Å². The SMILES string of the molecule is C[Si](Cl)(Cl)CC[Si](Cl)(Cl)CC[Si](C)(Cl)Cl. The summed E-state index contributed by atoms with van der Waals surface area (Å²) in [6.45, 7) is -2.68. The van der Waals surface area contributed by atoms with E-state index in [9.17, 15) is 0 Å². The zero-order valence-electron chi connectivity index (χ0n) is 8.60. The van der Waals surface area contributed by atoms with Gasteiger partial charge in [-0.1, -0.05) is 0 Å². The van der Waals surface area contributed by atoms with Gasteiger partial charge >= 0.3 is 0 Å². The molecule has 0 unspecified atom stereocenters. The summed E-state index contributed by atoms with van der Waals surface area (Å²) >= 11 is 36.5. The Morgan fingerprint density at radius 1 is 0.600 bits per heavy atom. The summed E-state index contributed by atoms with van der Waals surface area (Å²) in [6, 6.07) is 2.92. The highest BCUT2D eigenvalue weighted by molar-refractivity contribution is 7.49. The Morgan fingerprint density at radius 3 is 1.07 bits per heavy atom. The fourth-order valence-corrected chi connectivity index (χ4v) is 14.4. The van der Waals surface area contributed by atoms with Crippen molar-refractivity contribution >= 4 is 86.6 Å². The quantitative estimate of drug-likeness (QED) is 0.390. The molecule has 15 heavy (non-hydrogen) atoms. The molecule has 0 heterocycles. The van der Waals surface area contributed by atoms with E-state index in [0.29, 0.717) is 0 Å². The number of hydrogen-bond donors (Lipinski definition) is 0. The molecule has 0 atom stereocenters. The maximum Gasteiger partial charge on any atom is 0.251 e. The summed E-state index contributed by atoms with van der Waals surface area (Å²) in [6.07, 6.45) is 0. The molecule has 0 fully saturated rings. The first-order valence-electron chi connectivity index (χ1n) is 4.55. The van der Waals surface area contributed by atoms with Crippen molar-refractivity contribution in [2.75, 3.05) is 0 Å². The van der Waals surface area contributed by atoms with E-state index in [1.807, 2.05) is 13.1 Å². The standard InChI is InChI=1S/C6H14Cl6Si3/c1-13(7,8)3-5-15(11,12)6-4-14(2,9)10/h3-6H2,1-2H3. The molecule has 0 saturated carbocycles. The Hall–Kier alpha value is 2.39. The van der Waals surface area contributed by atoms with Crippen LogP contribution in [0.3, 0.4) is 0 Å². The van der Waals surface area contributed by atoms with Crippen LogP contribution in [-0.4, -0.2) is 20.1 Å². The van der Waals surface area contributed by atoms with Crippen molar-refractivity contribution in [2.24, 2.45) is 0 Å². The molecule has 0 aromatic heterocycles. The van der Waals surface area contributed by atoms with Crippen molar-refractivity contribution in [2.45, 2.75) is 37.3 Å². The van der Waals surface area contributed by atoms with Crippen LogP contribution >= 0.6 is 66.5 Å². The second kappa shape index (κ2) is 6.53. The third kappa shape index (κ3) is 12.6. The molecule has 0 amide bonds. The molecule has 92 valence electrons. The highest BCUT2D eigenvalue weighted by Gasteiger charge is 2.35. The lowest BCUT2D eigenvalue weighted by molar-refractivity contribution is 1.29. The molecule has 0 aliphatic heterocycles. The van der Waals surface area contributed by atoms with E-state index in [4.69, 9.17) is 66.5 Å². The van der Waals surface area contributed by atoms with Gasteiger partial charge in [-0.25, -0.2) is 0 Å². The largest absolute Gasteiger partial charge is 0.251 e. The van der Waals surface area contributed by atoms with Gasteiger partial charge in [0, 0.05) is 0 Å². The third-order valence-corrected chi connectivity index (χ3v) is 11.6. The fourth-order valence-electron chi connectivity index (χ4n) is 0.930. The lowest BCUT2D eigenvalue weighted by atomic mass is 10.9. The molecule has 0 radical (unpaired) electrons. The average molecular weight is 383 g/mol. The molecule has 0 aromatic rings. The van der Waals surface area contributed by atoms with Crippen molar-refractivity contribution in [3.05, 3.63) is 0 Å². The minimum Gasteiger partial charge on any atom is -0.146 e. The zero-order chi connectivity index (χ0) is 12.3. The van der Waals surface area contributed by atoms with E-state index < -0.39 is 20.1 Å². The predicted molar refractivity (Wildman–Crippen MR) is 83.3 cm³/mol. The smallest absolute Gasteiger partial charge is 0.146 e. The summed E-state index contributed by atoms with van der Waals surface area (Å²) in [4.78, 5) is 0. The summed E-state index contributed by atoms with van der Waals surface area (Å²) in [5.41, 5.74) is 0. The molecule has 0 saturated heterocycles. The lowest BCUT2D eigenvalue weighted by Gasteiger charge is -2.21. The van der Waals surface area contributed by atoms with Crippen molar-refractivity contribution in [3.63, 3.8) is 0 Å². The molecular formula is C6H14Cl6Si3. The van der Waals surface area contributed by atoms with Gasteiger partial charge in [0.2, 0.25) is 13.4 Å². The predicted octanol–water partition coefficient (Wildman–Crippen LogP) is 6.01. The van der Waals surface area contributed by atoms with Crippen LogP contribution in [0.25, 0.3) is 0 Å². The second-order valence-corrected chi connectivity index (χ2v) is 28.1. The first-order valence-corrected chi connectivity index (χ1v) is 18.4. The first kappa shape index (κ1) is 17.4. The Balaban J connectivity index is 3.98. The van der Waals surface area contributed by atoms with Crippen LogP contribution in [-0.2, 0) is 0 Å². The van der Waals surface area contributed by atoms with Crippen molar-refractivity contribution in [1.29, 1.82) is 0 Å². The van der Waals surface area contributed by atoms with Crippen LogP contribution in [0.1, 0.15) is 0 Å². The van der Waals surface area contributed by atoms with Gasteiger partial charge in [0.05, 0.1) is 0 Å². The van der Waals surface area contributed by atoms with Crippen molar-refractivity contribution in [3.8, 4) is 0 Å². The first-order chi connectivity index (χ1) is 6.41. The molecule has 0 bridgehead atoms.